The van der Waals surface area contributed by atoms with E-state index in [1.807, 2.05) is 7.05 Å². The molecule has 0 aliphatic carbocycles. The Hall–Kier alpha value is -0.0400. The van der Waals surface area contributed by atoms with Crippen LogP contribution < -0.4 is 5.32 Å². The van der Waals surface area contributed by atoms with E-state index in [4.69, 9.17) is 0 Å². The highest BCUT2D eigenvalue weighted by molar-refractivity contribution is 4.72. The monoisotopic (exact) mass is 213 g/mol. The van der Waals surface area contributed by atoms with E-state index < -0.39 is 0 Å². The van der Waals surface area contributed by atoms with Crippen LogP contribution in [0.5, 0.6) is 0 Å². The van der Waals surface area contributed by atoms with Crippen LogP contribution in [0.3, 0.4) is 0 Å². The van der Waals surface area contributed by atoms with Crippen molar-refractivity contribution in [1.82, 2.24) is 5.32 Å². The van der Waals surface area contributed by atoms with Gasteiger partial charge < -0.3 is 5.32 Å². The van der Waals surface area contributed by atoms with Gasteiger partial charge >= 0.3 is 0 Å². The van der Waals surface area contributed by atoms with Gasteiger partial charge in [-0.15, -0.1) is 0 Å². The molecule has 0 rings (SSSR count). The average molecular weight is 213 g/mol. The van der Waals surface area contributed by atoms with Crippen molar-refractivity contribution in [3.05, 3.63) is 0 Å². The average Bonchev–Trinajstić information content (AvgIpc) is 2.12. The van der Waals surface area contributed by atoms with E-state index in [2.05, 4.69) is 46.9 Å². The summed E-state index contributed by atoms with van der Waals surface area (Å²) in [6.07, 6.45) is 2.70. The summed E-state index contributed by atoms with van der Waals surface area (Å²) in [4.78, 5) is 0. The third kappa shape index (κ3) is 6.94. The topological polar surface area (TPSA) is 12.0 Å². The Labute approximate surface area is 97.0 Å². The third-order valence-corrected chi connectivity index (χ3v) is 3.67. The summed E-state index contributed by atoms with van der Waals surface area (Å²) in [5, 5.41) is 3.28. The molecule has 0 amide bonds. The van der Waals surface area contributed by atoms with E-state index in [0.29, 0.717) is 5.41 Å². The molecule has 0 aromatic rings. The van der Waals surface area contributed by atoms with Gasteiger partial charge in [-0.3, -0.25) is 0 Å². The van der Waals surface area contributed by atoms with Crippen LogP contribution in [0.4, 0.5) is 0 Å². The van der Waals surface area contributed by atoms with Gasteiger partial charge in [0.05, 0.1) is 0 Å². The number of hydrogen-bond donors (Lipinski definition) is 1. The van der Waals surface area contributed by atoms with Gasteiger partial charge in [0.2, 0.25) is 0 Å². The molecule has 0 aromatic heterocycles. The van der Waals surface area contributed by atoms with Crippen LogP contribution in [0.2, 0.25) is 0 Å². The van der Waals surface area contributed by atoms with E-state index in [-0.39, 0.29) is 0 Å². The second kappa shape index (κ2) is 6.52. The van der Waals surface area contributed by atoms with E-state index in [0.717, 1.165) is 24.3 Å². The summed E-state index contributed by atoms with van der Waals surface area (Å²) in [5.41, 5.74) is 0.486. The lowest BCUT2D eigenvalue weighted by Crippen LogP contribution is -2.26. The van der Waals surface area contributed by atoms with Crippen molar-refractivity contribution in [2.24, 2.45) is 23.2 Å². The van der Waals surface area contributed by atoms with Crippen LogP contribution in [0.15, 0.2) is 0 Å². The smallest absolute Gasteiger partial charge is 0.00235 e. The van der Waals surface area contributed by atoms with Crippen molar-refractivity contribution in [1.29, 1.82) is 0 Å². The van der Waals surface area contributed by atoms with Crippen molar-refractivity contribution >= 4 is 0 Å². The van der Waals surface area contributed by atoms with Crippen molar-refractivity contribution in [2.45, 2.75) is 54.4 Å². The van der Waals surface area contributed by atoms with Crippen molar-refractivity contribution in [3.8, 4) is 0 Å². The molecule has 15 heavy (non-hydrogen) atoms. The van der Waals surface area contributed by atoms with Gasteiger partial charge in [0.25, 0.3) is 0 Å². The van der Waals surface area contributed by atoms with Gasteiger partial charge in [-0.25, -0.2) is 0 Å². The zero-order valence-electron chi connectivity index (χ0n) is 11.9. The Kier molecular flexibility index (Phi) is 6.51. The molecule has 0 aromatic carbocycles. The first kappa shape index (κ1) is 15.0. The molecule has 3 atom stereocenters. The van der Waals surface area contributed by atoms with Gasteiger partial charge in [-0.2, -0.15) is 0 Å². The van der Waals surface area contributed by atoms with Crippen molar-refractivity contribution < 1.29 is 0 Å². The highest BCUT2D eigenvalue weighted by Crippen LogP contribution is 2.29. The number of hydrogen-bond acceptors (Lipinski definition) is 1. The van der Waals surface area contributed by atoms with Crippen LogP contribution in [0.25, 0.3) is 0 Å². The molecule has 0 fully saturated rings. The standard InChI is InChI=1S/C14H31N/c1-11(8-9-14(4,5)6)13(3)12(2)10-15-7/h11-13,15H,8-10H2,1-7H3/t11-,12+,13?/m1/s1. The van der Waals surface area contributed by atoms with Gasteiger partial charge in [-0.05, 0) is 49.6 Å². The van der Waals surface area contributed by atoms with Gasteiger partial charge in [-0.1, -0.05) is 41.5 Å². The summed E-state index contributed by atoms with van der Waals surface area (Å²) in [6.45, 7) is 15.3. The molecule has 0 bridgehead atoms. The lowest BCUT2D eigenvalue weighted by molar-refractivity contribution is 0.230. The fourth-order valence-electron chi connectivity index (χ4n) is 1.99. The molecule has 0 saturated heterocycles. The highest BCUT2D eigenvalue weighted by atomic mass is 14.8. The number of nitrogens with one attached hydrogen (secondary N) is 1. The van der Waals surface area contributed by atoms with Crippen molar-refractivity contribution in [2.75, 3.05) is 13.6 Å². The Balaban J connectivity index is 3.93. The molecule has 0 spiro atoms. The molecule has 1 nitrogen and oxygen atoms in total. The van der Waals surface area contributed by atoms with Crippen LogP contribution in [-0.2, 0) is 0 Å². The lowest BCUT2D eigenvalue weighted by Gasteiger charge is -2.28. The number of rotatable bonds is 6. The molecular formula is C14H31N. The second-order valence-corrected chi connectivity index (χ2v) is 6.47. The quantitative estimate of drug-likeness (QED) is 0.704. The fraction of sp³-hybridized carbons (Fsp3) is 1.00. The zero-order valence-corrected chi connectivity index (χ0v) is 11.9. The van der Waals surface area contributed by atoms with Gasteiger partial charge in [0, 0.05) is 0 Å². The normalized spacial score (nSPS) is 18.6. The van der Waals surface area contributed by atoms with Crippen LogP contribution in [0, 0.1) is 23.2 Å². The second-order valence-electron chi connectivity index (χ2n) is 6.47. The zero-order chi connectivity index (χ0) is 12.1. The van der Waals surface area contributed by atoms with Crippen molar-refractivity contribution in [3.63, 3.8) is 0 Å². The molecule has 1 N–H and O–H groups in total. The molecular weight excluding hydrogens is 182 g/mol. The first-order valence-corrected chi connectivity index (χ1v) is 6.42. The predicted molar refractivity (Wildman–Crippen MR) is 70.1 cm³/mol. The predicted octanol–water partition coefficient (Wildman–Crippen LogP) is 3.94. The minimum Gasteiger partial charge on any atom is -0.319 e. The van der Waals surface area contributed by atoms with E-state index in [1.165, 1.54) is 12.8 Å². The Morgan fingerprint density at radius 2 is 1.53 bits per heavy atom. The molecule has 0 aliphatic heterocycles. The van der Waals surface area contributed by atoms with Crippen LogP contribution in [-0.4, -0.2) is 13.6 Å². The Morgan fingerprint density at radius 3 is 1.93 bits per heavy atom. The summed E-state index contributed by atoms with van der Waals surface area (Å²) in [7, 11) is 2.04. The largest absolute Gasteiger partial charge is 0.319 e. The first-order chi connectivity index (χ1) is 6.78. The summed E-state index contributed by atoms with van der Waals surface area (Å²) >= 11 is 0. The van der Waals surface area contributed by atoms with Crippen LogP contribution in [0.1, 0.15) is 54.4 Å². The molecule has 0 saturated carbocycles. The minimum absolute atomic E-state index is 0.486. The molecule has 0 radical (unpaired) electrons. The lowest BCUT2D eigenvalue weighted by atomic mass is 9.79. The van der Waals surface area contributed by atoms with E-state index in [9.17, 15) is 0 Å². The summed E-state index contributed by atoms with van der Waals surface area (Å²) in [6, 6.07) is 0. The molecule has 1 heteroatoms. The van der Waals surface area contributed by atoms with Gasteiger partial charge in [0.1, 0.15) is 0 Å². The summed E-state index contributed by atoms with van der Waals surface area (Å²) in [5.74, 6) is 2.44. The highest BCUT2D eigenvalue weighted by Gasteiger charge is 2.20. The molecule has 92 valence electrons. The van der Waals surface area contributed by atoms with E-state index in [1.54, 1.807) is 0 Å². The van der Waals surface area contributed by atoms with E-state index >= 15 is 0 Å². The Morgan fingerprint density at radius 1 is 1.00 bits per heavy atom. The molecule has 0 heterocycles. The molecule has 1 unspecified atom stereocenters. The summed E-state index contributed by atoms with van der Waals surface area (Å²) < 4.78 is 0. The fourth-order valence-corrected chi connectivity index (χ4v) is 1.99. The maximum Gasteiger partial charge on any atom is -0.00235 e. The molecule has 0 aliphatic rings. The SMILES string of the molecule is CNC[C@H](C)C(C)[C@H](C)CCC(C)(C)C. The maximum absolute atomic E-state index is 3.28. The van der Waals surface area contributed by atoms with Gasteiger partial charge in [0.15, 0.2) is 0 Å². The Bertz CT molecular complexity index is 157. The third-order valence-electron chi connectivity index (χ3n) is 3.67. The first-order valence-electron chi connectivity index (χ1n) is 6.42. The minimum atomic E-state index is 0.486. The maximum atomic E-state index is 3.28. The van der Waals surface area contributed by atoms with Crippen LogP contribution >= 0.6 is 0 Å².